The van der Waals surface area contributed by atoms with Gasteiger partial charge in [0.15, 0.2) is 24.8 Å². The molecule has 0 bridgehead atoms. The van der Waals surface area contributed by atoms with E-state index in [-0.39, 0.29) is 21.7 Å². The van der Waals surface area contributed by atoms with Gasteiger partial charge in [0.05, 0.1) is 11.1 Å². The van der Waals surface area contributed by atoms with E-state index in [9.17, 15) is 0 Å². The molecule has 0 atom stereocenters. The predicted octanol–water partition coefficient (Wildman–Crippen LogP) is 27.0. The highest BCUT2D eigenvalue weighted by atomic mass is 14.9. The Morgan fingerprint density at radius 3 is 1.12 bits per heavy atom. The van der Waals surface area contributed by atoms with E-state index in [2.05, 4.69) is 428 Å². The van der Waals surface area contributed by atoms with E-state index in [1.165, 1.54) is 244 Å². The number of hydrogen-bond donors (Lipinski definition) is 0. The minimum Gasteiger partial charge on any atom is -0.201 e. The van der Waals surface area contributed by atoms with Crippen LogP contribution in [0.5, 0.6) is 0 Å². The van der Waals surface area contributed by atoms with Gasteiger partial charge >= 0.3 is 0 Å². The first-order valence-electron chi connectivity index (χ1n) is 43.7. The summed E-state index contributed by atoms with van der Waals surface area (Å²) < 4.78 is 9.14. The third-order valence-electron chi connectivity index (χ3n) is 29.8. The Kier molecular flexibility index (Phi) is 20.3. The van der Waals surface area contributed by atoms with Gasteiger partial charge in [0.1, 0.15) is 28.2 Å². The topological polar surface area (TPSA) is 15.5 Å². The van der Waals surface area contributed by atoms with Crippen LogP contribution >= 0.6 is 0 Å². The summed E-state index contributed by atoms with van der Waals surface area (Å²) in [5.41, 5.74) is 49.9. The van der Waals surface area contributed by atoms with Gasteiger partial charge in [-0.3, -0.25) is 0 Å². The second-order valence-electron chi connectivity index (χ2n) is 38.1. The van der Waals surface area contributed by atoms with Crippen molar-refractivity contribution in [1.82, 2.24) is 0 Å². The average molecular weight is 1570 g/mol. The molecule has 0 unspecified atom stereocenters. The SMILES string of the molecule is Cc1cc(-c2c(C)ccc3c2CCc2cc4ccccc4cc2-3)[n+](C)cc1C.Cc1cc(-c2c(C)ccc3c2CCc2ccc4ccccc4c2-3)[n+](C)cc1C.Cc1cc(-c2cc3c(cc2C)C(C)(C)C(C)(C)c2c-3ccc3ccccc23)[n+](C)cc1C.Cc1cc(-c2cc3c(cc2C)C(C)(C)C(C)(C)c2ccc4ccccc4c2-3)[n+](C)cc1C. The lowest BCUT2D eigenvalue weighted by Crippen LogP contribution is -2.43. The first-order valence-corrected chi connectivity index (χ1v) is 43.7. The predicted molar refractivity (Wildman–Crippen MR) is 508 cm³/mol. The maximum absolute atomic E-state index is 2.47. The number of aromatic nitrogens is 4. The van der Waals surface area contributed by atoms with Gasteiger partial charge in [-0.05, 0) is 320 Å². The van der Waals surface area contributed by atoms with E-state index < -0.39 is 0 Å². The molecular weight excluding hydrogens is 1450 g/mol. The highest BCUT2D eigenvalue weighted by Crippen LogP contribution is 2.59. The zero-order chi connectivity index (χ0) is 84.8. The van der Waals surface area contributed by atoms with E-state index in [0.29, 0.717) is 0 Å². The zero-order valence-electron chi connectivity index (χ0n) is 75.7. The summed E-state index contributed by atoms with van der Waals surface area (Å²) >= 11 is 0. The van der Waals surface area contributed by atoms with Crippen LogP contribution in [0.15, 0.2) is 243 Å². The molecule has 20 rings (SSSR count). The molecule has 16 aromatic rings. The molecular formula is C116H120N4+4. The molecule has 4 aliphatic carbocycles. The first kappa shape index (κ1) is 80.7. The largest absolute Gasteiger partial charge is 0.213 e. The van der Waals surface area contributed by atoms with Crippen LogP contribution in [0.3, 0.4) is 0 Å². The van der Waals surface area contributed by atoms with Gasteiger partial charge in [-0.2, -0.15) is 0 Å². The highest BCUT2D eigenvalue weighted by molar-refractivity contribution is 6.04. The summed E-state index contributed by atoms with van der Waals surface area (Å²) in [6.45, 7) is 46.0. The second kappa shape index (κ2) is 30.2. The smallest absolute Gasteiger partial charge is 0.201 e. The minimum atomic E-state index is 0.00806. The summed E-state index contributed by atoms with van der Waals surface area (Å²) in [6.07, 6.45) is 13.4. The number of rotatable bonds is 4. The Hall–Kier alpha value is -11.7. The van der Waals surface area contributed by atoms with Crippen molar-refractivity contribution in [1.29, 1.82) is 0 Å². The summed E-state index contributed by atoms with van der Waals surface area (Å²) in [5.74, 6) is 0. The monoisotopic (exact) mass is 1570 g/mol. The first-order chi connectivity index (χ1) is 57.1. The molecule has 4 heteroatoms. The van der Waals surface area contributed by atoms with Crippen molar-refractivity contribution >= 4 is 43.1 Å². The average Bonchev–Trinajstić information content (AvgIpc) is 0.700. The standard InChI is InChI=1S/2C31H34N.2C27H26N/c1-19-16-28(32(8)18-21(19)3)24-17-25-27(15-20(24)2)31(6,7)30(4,5)26-14-13-22-11-9-10-12-23(22)29(25)26;1-19-16-28(32(8)18-21(19)3)25-17-26-24-14-13-22-11-9-10-12-23(22)29(24)31(6,7)30(4,5)27(26)15-20(25)2;1-17-9-13-24-23(26(17)25-15-18(2)19(3)16-28(25)4)14-12-21-11-10-20-7-5-6-8-22(20)27(21)24;1-17-9-11-23-24(27(17)26-13-18(2)19(3)16-28(26)4)12-10-22-14-20-7-5-6-8-21(20)15-25(22)23/h2*9-18H,1-8H3;5-11,13,15-16H,12,14H2,1-4H3;5-9,11,13-16H,10,12H2,1-4H3/q4*+1. The molecule has 4 aliphatic rings. The Balaban J connectivity index is 0.000000114. The maximum Gasteiger partial charge on any atom is 0.213 e. The van der Waals surface area contributed by atoms with Gasteiger partial charge in [-0.1, -0.05) is 231 Å². The van der Waals surface area contributed by atoms with Crippen molar-refractivity contribution in [3.63, 3.8) is 0 Å². The van der Waals surface area contributed by atoms with E-state index in [1.54, 1.807) is 0 Å². The fraction of sp³-hybridized carbons (Fsp3) is 0.276. The van der Waals surface area contributed by atoms with E-state index >= 15 is 0 Å². The van der Waals surface area contributed by atoms with Crippen molar-refractivity contribution in [2.24, 2.45) is 28.2 Å². The fourth-order valence-electron chi connectivity index (χ4n) is 20.9. The summed E-state index contributed by atoms with van der Waals surface area (Å²) in [4.78, 5) is 0. The highest BCUT2D eigenvalue weighted by Gasteiger charge is 2.49. The molecule has 4 nitrogen and oxygen atoms in total. The van der Waals surface area contributed by atoms with Crippen molar-refractivity contribution < 1.29 is 18.3 Å². The molecule has 12 aromatic carbocycles. The van der Waals surface area contributed by atoms with Crippen molar-refractivity contribution in [3.8, 4) is 89.5 Å². The van der Waals surface area contributed by atoms with Crippen molar-refractivity contribution in [3.05, 3.63) is 354 Å². The maximum atomic E-state index is 2.47. The second-order valence-corrected chi connectivity index (χ2v) is 38.1. The molecule has 0 amide bonds. The summed E-state index contributed by atoms with van der Waals surface area (Å²) in [6, 6.07) is 82.5. The lowest BCUT2D eigenvalue weighted by molar-refractivity contribution is -0.660. The van der Waals surface area contributed by atoms with E-state index in [4.69, 9.17) is 0 Å². The molecule has 0 aliphatic heterocycles. The van der Waals surface area contributed by atoms with Gasteiger partial charge in [0.25, 0.3) is 0 Å². The molecule has 120 heavy (non-hydrogen) atoms. The number of hydrogen-bond acceptors (Lipinski definition) is 0. The number of pyridine rings is 4. The molecule has 0 fully saturated rings. The number of aryl methyl sites for hydroxylation is 18. The number of benzene rings is 12. The fourth-order valence-corrected chi connectivity index (χ4v) is 20.9. The molecule has 4 aromatic heterocycles. The number of nitrogens with zero attached hydrogens (tertiary/aromatic N) is 4. The van der Waals surface area contributed by atoms with E-state index in [1.807, 2.05) is 0 Å². The molecule has 0 N–H and O–H groups in total. The molecule has 0 saturated carbocycles. The lowest BCUT2D eigenvalue weighted by atomic mass is 9.54. The van der Waals surface area contributed by atoms with Crippen LogP contribution in [0.2, 0.25) is 0 Å². The molecule has 0 saturated heterocycles. The quantitative estimate of drug-likeness (QED) is 0.156. The van der Waals surface area contributed by atoms with Crippen LogP contribution in [0, 0.1) is 83.1 Å². The number of fused-ring (bicyclic) bond motifs is 19. The van der Waals surface area contributed by atoms with Crippen LogP contribution < -0.4 is 18.3 Å². The molecule has 0 spiro atoms. The van der Waals surface area contributed by atoms with Gasteiger partial charge in [0.2, 0.25) is 22.8 Å². The zero-order valence-corrected chi connectivity index (χ0v) is 75.7. The van der Waals surface area contributed by atoms with Crippen LogP contribution in [0.1, 0.15) is 167 Å². The van der Waals surface area contributed by atoms with Crippen LogP contribution in [0.4, 0.5) is 0 Å². The summed E-state index contributed by atoms with van der Waals surface area (Å²) in [7, 11) is 8.67. The molecule has 4 heterocycles. The Morgan fingerprint density at radius 1 is 0.217 bits per heavy atom. The van der Waals surface area contributed by atoms with E-state index in [0.717, 1.165) is 25.7 Å². The van der Waals surface area contributed by atoms with Gasteiger partial charge in [-0.15, -0.1) is 0 Å². The third-order valence-corrected chi connectivity index (χ3v) is 29.8. The van der Waals surface area contributed by atoms with Gasteiger partial charge in [0, 0.05) is 63.1 Å². The summed E-state index contributed by atoms with van der Waals surface area (Å²) in [5, 5.41) is 10.7. The minimum absolute atomic E-state index is 0.00806. The Labute approximate surface area is 714 Å². The molecule has 600 valence electrons. The lowest BCUT2D eigenvalue weighted by Gasteiger charge is -2.49. The molecule has 0 radical (unpaired) electrons. The normalized spacial score (nSPS) is 14.5. The van der Waals surface area contributed by atoms with Crippen LogP contribution in [0.25, 0.3) is 133 Å². The third kappa shape index (κ3) is 13.3. The van der Waals surface area contributed by atoms with Gasteiger partial charge in [-0.25, -0.2) is 18.3 Å². The Morgan fingerprint density at radius 2 is 0.592 bits per heavy atom. The Bertz CT molecular complexity index is 6960. The van der Waals surface area contributed by atoms with Crippen LogP contribution in [-0.2, 0) is 75.5 Å². The van der Waals surface area contributed by atoms with Crippen molar-refractivity contribution in [2.75, 3.05) is 0 Å². The van der Waals surface area contributed by atoms with Crippen LogP contribution in [-0.4, -0.2) is 0 Å². The van der Waals surface area contributed by atoms with Gasteiger partial charge < -0.3 is 0 Å². The van der Waals surface area contributed by atoms with Crippen molar-refractivity contribution in [2.45, 2.75) is 186 Å².